The highest BCUT2D eigenvalue weighted by Crippen LogP contribution is 2.88. The highest BCUT2D eigenvalue weighted by molar-refractivity contribution is 5.54. The Morgan fingerprint density at radius 1 is 0.0714 bits per heavy atom. The molecule has 0 heteroatoms. The van der Waals surface area contributed by atoms with Crippen LogP contribution >= 0.6 is 0 Å². The van der Waals surface area contributed by atoms with E-state index in [1.807, 2.05) is 0 Å². The first-order valence-corrected chi connectivity index (χ1v) is 50.5. The molecule has 140 heavy (non-hydrogen) atoms. The molecular formula is C140H112. The fraction of sp³-hybridized carbons (Fsp3) is 0.500. The molecule has 0 radical (unpaired) electrons. The Morgan fingerprint density at radius 2 is 0.121 bits per heavy atom. The lowest BCUT2D eigenvalue weighted by molar-refractivity contribution is -0.225. The minimum atomic E-state index is 0.941. The van der Waals surface area contributed by atoms with Gasteiger partial charge in [-0.3, -0.25) is 0 Å². The van der Waals surface area contributed by atoms with Crippen LogP contribution in [0.3, 0.4) is 0 Å². The average molecular weight is 1790 g/mol. The van der Waals surface area contributed by atoms with Gasteiger partial charge in [-0.15, -0.1) is 12.8 Å². The molecule has 0 saturated heterocycles. The van der Waals surface area contributed by atoms with Crippen LogP contribution in [0.15, 0.2) is 0 Å². The van der Waals surface area contributed by atoms with Crippen LogP contribution in [0.1, 0.15) is 138 Å². The maximum absolute atomic E-state index is 4.95. The molecule has 17 saturated carbocycles. The van der Waals surface area contributed by atoms with Crippen molar-refractivity contribution >= 4 is 0 Å². The zero-order chi connectivity index (χ0) is 99.0. The summed E-state index contributed by atoms with van der Waals surface area (Å²) in [6.07, 6.45) is 9.89. The summed E-state index contributed by atoms with van der Waals surface area (Å²) in [7, 11) is 0. The Kier molecular flexibility index (Phi) is 32.0. The fourth-order valence-electron chi connectivity index (χ4n) is 37.2. The topological polar surface area (TPSA) is 0 Å². The normalized spacial score (nSPS) is 41.0. The monoisotopic (exact) mass is 1790 g/mol. The summed E-state index contributed by atoms with van der Waals surface area (Å²) in [5, 5.41) is 0. The third-order valence-electron chi connectivity index (χ3n) is 40.0. The molecule has 0 spiro atoms. The van der Waals surface area contributed by atoms with Gasteiger partial charge in [0.05, 0.1) is 0 Å². The van der Waals surface area contributed by atoms with Crippen LogP contribution in [0.5, 0.6) is 0 Å². The SMILES string of the molecule is C#CC#CC#CC#CC#CC#CC#CC#CC#CC#CC#CC#CC#CC#CC#CC#CC#CC#CC#CC#CC#CC#CC#CC#CC#CC#CC#CC#CC#CC#CC#CC#CC#CC#CC#C.CC1C(C)C2C(C)C3C(C)C(C)C4C(C)C(C)C5C(C)C6C(C)C(C)C1C1C2C3C4C5C61.CC1C(C)C2C(C)C3C(C)C4C(C)C5C(C)C(C)C6C(C)C7C(C)C8C(C)C1C1C2C3C2C4C5C6C7C2C81. The van der Waals surface area contributed by atoms with Crippen molar-refractivity contribution in [2.45, 2.75) is 138 Å². The van der Waals surface area contributed by atoms with Gasteiger partial charge in [-0.1, -0.05) is 138 Å². The Morgan fingerprint density at radius 3 is 0.193 bits per heavy atom. The van der Waals surface area contributed by atoms with Gasteiger partial charge in [-0.2, -0.15) is 0 Å². The Bertz CT molecular complexity index is 7030. The van der Waals surface area contributed by atoms with Crippen LogP contribution < -0.4 is 0 Å². The molecule has 0 aromatic heterocycles. The van der Waals surface area contributed by atoms with Gasteiger partial charge >= 0.3 is 0 Å². The molecule has 40 unspecified atom stereocenters. The number of hydrogen-bond donors (Lipinski definition) is 0. The first-order valence-electron chi connectivity index (χ1n) is 50.5. The molecule has 0 bridgehead atoms. The number of hydrogen-bond acceptors (Lipinski definition) is 0. The van der Waals surface area contributed by atoms with E-state index < -0.39 is 0 Å². The second kappa shape index (κ2) is 45.3. The molecule has 0 aromatic rings. The van der Waals surface area contributed by atoms with Crippen molar-refractivity contribution in [3.05, 3.63) is 0 Å². The Balaban J connectivity index is 0.000000173. The molecule has 17 aliphatic carbocycles. The molecule has 17 rings (SSSR count). The lowest BCUT2D eigenvalue weighted by Crippen LogP contribution is -2.66. The Labute approximate surface area is 843 Å². The zero-order valence-electron chi connectivity index (χ0n) is 84.0. The number of terminal acetylenes is 2. The fourth-order valence-corrected chi connectivity index (χ4v) is 37.2. The molecule has 17 fully saturated rings. The molecule has 0 N–H and O–H groups in total. The molecule has 17 aliphatic rings. The van der Waals surface area contributed by atoms with Crippen molar-refractivity contribution in [3.8, 4) is 415 Å². The molecule has 0 aromatic carbocycles. The zero-order valence-corrected chi connectivity index (χ0v) is 84.0. The van der Waals surface area contributed by atoms with Gasteiger partial charge in [-0.05, 0) is 391 Å². The summed E-state index contributed by atoms with van der Waals surface area (Å²) < 4.78 is 0. The smallest absolute Gasteiger partial charge is 0 e. The van der Waals surface area contributed by atoms with Crippen LogP contribution in [0.25, 0.3) is 0 Å². The van der Waals surface area contributed by atoms with Gasteiger partial charge in [0.1, 0.15) is 0 Å². The van der Waals surface area contributed by atoms with E-state index in [0.29, 0.717) is 0 Å². The van der Waals surface area contributed by atoms with Gasteiger partial charge in [0.25, 0.3) is 0 Å². The molecule has 0 aliphatic heterocycles. The molecule has 672 valence electrons. The predicted octanol–water partition coefficient (Wildman–Crippen LogP) is 16.8. The van der Waals surface area contributed by atoms with E-state index in [0.717, 1.165) is 296 Å². The van der Waals surface area contributed by atoms with Crippen LogP contribution in [0, 0.1) is 711 Å². The molecule has 0 amide bonds. The third-order valence-corrected chi connectivity index (χ3v) is 40.0. The van der Waals surface area contributed by atoms with Crippen LogP contribution in [-0.4, -0.2) is 0 Å². The molecular weight excluding hydrogens is 1680 g/mol. The lowest BCUT2D eigenvalue weighted by Gasteiger charge is -2.69. The van der Waals surface area contributed by atoms with Crippen LogP contribution in [-0.2, 0) is 0 Å². The predicted molar refractivity (Wildman–Crippen MR) is 562 cm³/mol. The first kappa shape index (κ1) is 99.1. The first-order chi connectivity index (χ1) is 68.1. The van der Waals surface area contributed by atoms with E-state index in [2.05, 4.69) is 541 Å². The van der Waals surface area contributed by atoms with E-state index in [1.54, 1.807) is 0 Å². The van der Waals surface area contributed by atoms with Gasteiger partial charge in [0, 0.05) is 308 Å². The van der Waals surface area contributed by atoms with Gasteiger partial charge in [-0.25, -0.2) is 0 Å². The van der Waals surface area contributed by atoms with Gasteiger partial charge in [0.15, 0.2) is 0 Å². The van der Waals surface area contributed by atoms with Crippen LogP contribution in [0.2, 0.25) is 0 Å². The molecule has 40 atom stereocenters. The average Bonchev–Trinajstić information content (AvgIpc) is 1.46. The van der Waals surface area contributed by atoms with Crippen molar-refractivity contribution in [1.29, 1.82) is 0 Å². The van der Waals surface area contributed by atoms with Gasteiger partial charge < -0.3 is 0 Å². The maximum Gasteiger partial charge on any atom is 0 e. The van der Waals surface area contributed by atoms with Crippen molar-refractivity contribution < 1.29 is 0 Å². The minimum absolute atomic E-state index is 0.941. The molecule has 0 heterocycles. The van der Waals surface area contributed by atoms with Crippen molar-refractivity contribution in [2.75, 3.05) is 0 Å². The second-order valence-corrected chi connectivity index (χ2v) is 43.0. The van der Waals surface area contributed by atoms with Crippen molar-refractivity contribution in [2.24, 2.45) is 296 Å². The third kappa shape index (κ3) is 18.7. The minimum Gasteiger partial charge on any atom is -0.106 e. The van der Waals surface area contributed by atoms with E-state index in [9.17, 15) is 0 Å². The number of rotatable bonds is 0. The van der Waals surface area contributed by atoms with E-state index in [-0.39, 0.29) is 0 Å². The largest absolute Gasteiger partial charge is 0.106 e. The summed E-state index contributed by atoms with van der Waals surface area (Å²) in [5.74, 6) is 220. The second-order valence-electron chi connectivity index (χ2n) is 43.0. The van der Waals surface area contributed by atoms with E-state index >= 15 is 0 Å². The summed E-state index contributed by atoms with van der Waals surface area (Å²) in [4.78, 5) is 0. The van der Waals surface area contributed by atoms with Gasteiger partial charge in [0.2, 0.25) is 0 Å². The molecule has 0 nitrogen and oxygen atoms in total. The lowest BCUT2D eigenvalue weighted by atomic mass is 9.35. The summed E-state index contributed by atoms with van der Waals surface area (Å²) in [6.45, 7) is 55.2. The Hall–Kier alpha value is -15.4. The quantitative estimate of drug-likeness (QED) is 0.212. The standard InChI is InChI=1S/C70H2.C38H58.C32H52/c1-3-5-7-9-11-13-15-17-19-21-23-25-27-29-31-33-35-37-39-41-43-45-47-49-51-53-55-57-59-61-63-65-67-69-70-68-66-64-62-60-58-56-54-52-50-48-46-44-42-40-38-36-34-32-30-28-26-24-22-20-18-16-14-12-10-8-6-4-2;1-11-12(2)22-16(6)26-20(10)28-18(8)24-14(4)13(3)23-17(7)27-19(9)25-15(5)21(11)29-30(22)34(26)38-36(28)32(24)31(23)35(27)37(38)33(25)29;1-11-15(5)23-19(9)25-17(7)13(3)22-14(4)18(8)26-20(10)24-16(6)12(2)21(11)27-29(23)31(25)28(22)32(26)30(24)27/h1-2H;11-38H,1-10H3;11-32H,1-10H3. The maximum atomic E-state index is 4.95. The highest BCUT2D eigenvalue weighted by Gasteiger charge is 2.84. The van der Waals surface area contributed by atoms with Crippen LogP contribution in [0.4, 0.5) is 0 Å². The van der Waals surface area contributed by atoms with Crippen molar-refractivity contribution in [3.63, 3.8) is 0 Å². The van der Waals surface area contributed by atoms with Crippen molar-refractivity contribution in [1.82, 2.24) is 0 Å². The van der Waals surface area contributed by atoms with E-state index in [4.69, 9.17) is 12.8 Å². The van der Waals surface area contributed by atoms with E-state index in [1.165, 1.54) is 0 Å². The summed E-state index contributed by atoms with van der Waals surface area (Å²) in [6, 6.07) is 0. The summed E-state index contributed by atoms with van der Waals surface area (Å²) >= 11 is 0. The highest BCUT2D eigenvalue weighted by atomic mass is 14.9. The summed E-state index contributed by atoms with van der Waals surface area (Å²) in [5.41, 5.74) is 0.